The predicted octanol–water partition coefficient (Wildman–Crippen LogP) is 3.68. The molecule has 92 valence electrons. The van der Waals surface area contributed by atoms with Crippen molar-refractivity contribution in [3.63, 3.8) is 0 Å². The third-order valence-corrected chi connectivity index (χ3v) is 3.77. The van der Waals surface area contributed by atoms with Crippen LogP contribution < -0.4 is 0 Å². The molecule has 1 rings (SSSR count). The van der Waals surface area contributed by atoms with E-state index in [1.807, 2.05) is 6.92 Å². The highest BCUT2D eigenvalue weighted by molar-refractivity contribution is 6.48. The molecule has 0 bridgehead atoms. The van der Waals surface area contributed by atoms with E-state index in [1.54, 1.807) is 0 Å². The maximum atomic E-state index is 6.07. The van der Waals surface area contributed by atoms with Gasteiger partial charge in [-0.15, -0.1) is 0 Å². The van der Waals surface area contributed by atoms with E-state index in [2.05, 4.69) is 53.7 Å². The highest BCUT2D eigenvalue weighted by Gasteiger charge is 2.53. The van der Waals surface area contributed by atoms with Gasteiger partial charge in [0.2, 0.25) is 0 Å². The van der Waals surface area contributed by atoms with Gasteiger partial charge in [0.15, 0.2) is 0 Å². The minimum absolute atomic E-state index is 0.124. The average Bonchev–Trinajstić information content (AvgIpc) is 2.31. The number of allylic oxidation sites excluding steroid dienone is 2. The van der Waals surface area contributed by atoms with Gasteiger partial charge in [0, 0.05) is 5.82 Å². The third kappa shape index (κ3) is 2.52. The van der Waals surface area contributed by atoms with E-state index in [4.69, 9.17) is 9.31 Å². The molecule has 0 unspecified atom stereocenters. The van der Waals surface area contributed by atoms with Crippen LogP contribution >= 0.6 is 0 Å². The van der Waals surface area contributed by atoms with E-state index in [9.17, 15) is 0 Å². The van der Waals surface area contributed by atoms with E-state index in [0.717, 1.165) is 0 Å². The van der Waals surface area contributed by atoms with Gasteiger partial charge < -0.3 is 9.31 Å². The molecule has 0 spiro atoms. The molecule has 0 aliphatic carbocycles. The highest BCUT2D eigenvalue weighted by Crippen LogP contribution is 2.42. The van der Waals surface area contributed by atoms with Crippen molar-refractivity contribution < 1.29 is 9.31 Å². The van der Waals surface area contributed by atoms with Crippen molar-refractivity contribution in [2.24, 2.45) is 5.92 Å². The van der Waals surface area contributed by atoms with Crippen LogP contribution in [-0.2, 0) is 9.31 Å². The Morgan fingerprint density at radius 2 is 1.44 bits per heavy atom. The number of hydrogen-bond acceptors (Lipinski definition) is 2. The zero-order valence-electron chi connectivity index (χ0n) is 11.7. The van der Waals surface area contributed by atoms with Crippen molar-refractivity contribution in [1.29, 1.82) is 0 Å². The van der Waals surface area contributed by atoms with Crippen LogP contribution in [0.4, 0.5) is 0 Å². The molecule has 1 aliphatic rings. The summed E-state index contributed by atoms with van der Waals surface area (Å²) in [6.07, 6.45) is 4.27. The predicted molar refractivity (Wildman–Crippen MR) is 69.5 cm³/mol. The van der Waals surface area contributed by atoms with Crippen LogP contribution in [0.15, 0.2) is 12.2 Å². The Morgan fingerprint density at radius 1 is 1.00 bits per heavy atom. The molecule has 1 heterocycles. The SMILES string of the molecule is C/C=C\[C@H](B1OC(C)(C)C(C)(C)O1)C(C)C. The molecule has 0 N–H and O–H groups in total. The monoisotopic (exact) mass is 224 g/mol. The Kier molecular flexibility index (Phi) is 3.91. The van der Waals surface area contributed by atoms with Crippen molar-refractivity contribution >= 4 is 7.12 Å². The lowest BCUT2D eigenvalue weighted by atomic mass is 9.66. The average molecular weight is 224 g/mol. The van der Waals surface area contributed by atoms with Crippen molar-refractivity contribution in [3.8, 4) is 0 Å². The van der Waals surface area contributed by atoms with E-state index >= 15 is 0 Å². The number of rotatable bonds is 3. The maximum Gasteiger partial charge on any atom is 0.465 e. The Labute approximate surface area is 101 Å². The molecule has 0 aromatic carbocycles. The van der Waals surface area contributed by atoms with Gasteiger partial charge in [0.25, 0.3) is 0 Å². The minimum atomic E-state index is -0.230. The molecule has 2 nitrogen and oxygen atoms in total. The smallest absolute Gasteiger partial charge is 0.403 e. The molecule has 0 amide bonds. The fourth-order valence-electron chi connectivity index (χ4n) is 1.90. The topological polar surface area (TPSA) is 18.5 Å². The first kappa shape index (κ1) is 13.8. The summed E-state index contributed by atoms with van der Waals surface area (Å²) in [4.78, 5) is 0. The fourth-order valence-corrected chi connectivity index (χ4v) is 1.90. The van der Waals surface area contributed by atoms with Crippen molar-refractivity contribution in [2.45, 2.75) is 65.5 Å². The lowest BCUT2D eigenvalue weighted by Crippen LogP contribution is -2.41. The summed E-state index contributed by atoms with van der Waals surface area (Å²) in [5, 5.41) is 0. The summed E-state index contributed by atoms with van der Waals surface area (Å²) in [6, 6.07) is 0. The third-order valence-electron chi connectivity index (χ3n) is 3.77. The molecule has 1 aliphatic heterocycles. The Morgan fingerprint density at radius 3 is 1.75 bits per heavy atom. The largest absolute Gasteiger partial charge is 0.465 e. The van der Waals surface area contributed by atoms with Gasteiger partial charge in [-0.1, -0.05) is 26.0 Å². The normalized spacial score (nSPS) is 25.6. The summed E-state index contributed by atoms with van der Waals surface area (Å²) in [5.74, 6) is 0.844. The van der Waals surface area contributed by atoms with E-state index in [0.29, 0.717) is 11.7 Å². The van der Waals surface area contributed by atoms with Gasteiger partial charge in [0.05, 0.1) is 11.2 Å². The molecule has 1 fully saturated rings. The van der Waals surface area contributed by atoms with E-state index in [1.165, 1.54) is 0 Å². The minimum Gasteiger partial charge on any atom is -0.403 e. The van der Waals surface area contributed by atoms with Crippen LogP contribution in [0.3, 0.4) is 0 Å². The van der Waals surface area contributed by atoms with Gasteiger partial charge in [-0.05, 0) is 40.5 Å². The summed E-state index contributed by atoms with van der Waals surface area (Å²) in [7, 11) is -0.124. The Hall–Kier alpha value is -0.275. The Balaban J connectivity index is 2.85. The van der Waals surface area contributed by atoms with Crippen molar-refractivity contribution in [2.75, 3.05) is 0 Å². The molecule has 16 heavy (non-hydrogen) atoms. The molecular weight excluding hydrogens is 199 g/mol. The fraction of sp³-hybridized carbons (Fsp3) is 0.846. The molecule has 1 atom stereocenters. The van der Waals surface area contributed by atoms with Gasteiger partial charge in [-0.3, -0.25) is 0 Å². The maximum absolute atomic E-state index is 6.07. The second-order valence-electron chi connectivity index (χ2n) is 5.97. The molecule has 0 aromatic heterocycles. The van der Waals surface area contributed by atoms with Crippen LogP contribution in [0.25, 0.3) is 0 Å². The lowest BCUT2D eigenvalue weighted by molar-refractivity contribution is 0.00578. The zero-order valence-corrected chi connectivity index (χ0v) is 11.7. The summed E-state index contributed by atoms with van der Waals surface area (Å²) >= 11 is 0. The van der Waals surface area contributed by atoms with Crippen LogP contribution in [0.5, 0.6) is 0 Å². The standard InChI is InChI=1S/C13H25BO2/c1-8-9-11(10(2)3)14-15-12(4,5)13(6,7)16-14/h8-11H,1-7H3/b9-8-/t11-/m0/s1. The first-order valence-electron chi connectivity index (χ1n) is 6.20. The molecule has 3 heteroatoms. The lowest BCUT2D eigenvalue weighted by Gasteiger charge is -2.32. The molecule has 0 radical (unpaired) electrons. The van der Waals surface area contributed by atoms with Gasteiger partial charge >= 0.3 is 7.12 Å². The number of hydrogen-bond donors (Lipinski definition) is 0. The van der Waals surface area contributed by atoms with Crippen molar-refractivity contribution in [1.82, 2.24) is 0 Å². The summed E-state index contributed by atoms with van der Waals surface area (Å²) in [5.41, 5.74) is -0.460. The summed E-state index contributed by atoms with van der Waals surface area (Å²) < 4.78 is 12.1. The summed E-state index contributed by atoms with van der Waals surface area (Å²) in [6.45, 7) is 14.8. The molecular formula is C13H25BO2. The quantitative estimate of drug-likeness (QED) is 0.537. The first-order chi connectivity index (χ1) is 7.21. The van der Waals surface area contributed by atoms with Crippen LogP contribution in [0, 0.1) is 5.92 Å². The van der Waals surface area contributed by atoms with Crippen LogP contribution in [0.2, 0.25) is 5.82 Å². The van der Waals surface area contributed by atoms with Gasteiger partial charge in [0.1, 0.15) is 0 Å². The second-order valence-corrected chi connectivity index (χ2v) is 5.97. The van der Waals surface area contributed by atoms with Crippen LogP contribution in [-0.4, -0.2) is 18.3 Å². The highest BCUT2D eigenvalue weighted by atomic mass is 16.7. The zero-order chi connectivity index (χ0) is 12.6. The second kappa shape index (κ2) is 4.54. The van der Waals surface area contributed by atoms with E-state index in [-0.39, 0.29) is 18.3 Å². The molecule has 0 aromatic rings. The molecule has 1 saturated heterocycles. The van der Waals surface area contributed by atoms with Crippen molar-refractivity contribution in [3.05, 3.63) is 12.2 Å². The molecule has 0 saturated carbocycles. The Bertz CT molecular complexity index is 253. The first-order valence-corrected chi connectivity index (χ1v) is 6.20. The van der Waals surface area contributed by atoms with E-state index < -0.39 is 0 Å². The van der Waals surface area contributed by atoms with Gasteiger partial charge in [-0.25, -0.2) is 0 Å². The van der Waals surface area contributed by atoms with Crippen LogP contribution in [0.1, 0.15) is 48.5 Å². The van der Waals surface area contributed by atoms with Gasteiger partial charge in [-0.2, -0.15) is 0 Å².